The third kappa shape index (κ3) is 4.57. The van der Waals surface area contributed by atoms with Crippen LogP contribution in [0.25, 0.3) is 38.3 Å². The zero-order valence-electron chi connectivity index (χ0n) is 21.1. The summed E-state index contributed by atoms with van der Waals surface area (Å²) in [6, 6.07) is 14.0. The molecule has 0 saturated heterocycles. The van der Waals surface area contributed by atoms with Crippen LogP contribution in [0.15, 0.2) is 73.3 Å². The molecular weight excluding hydrogens is 519 g/mol. The number of nitrogens with one attached hydrogen (secondary N) is 1. The predicted molar refractivity (Wildman–Crippen MR) is 149 cm³/mol. The standard InChI is InChI=1S/C30H24ClFN4O3/c1-2-38-30(37)29-21(6-4-14-39-26-7-3-5-18-15-19(32)8-9-20(18)26)22-10-11-24(31)27(28(22)35-29)23-16-34-36-13-12-33-17-25(23)36/h3,5,7-13,15-17,35H,2,4,6,14H2,1H3. The van der Waals surface area contributed by atoms with E-state index in [-0.39, 0.29) is 12.4 Å². The zero-order valence-corrected chi connectivity index (χ0v) is 21.8. The highest BCUT2D eigenvalue weighted by Gasteiger charge is 2.23. The van der Waals surface area contributed by atoms with Crippen molar-refractivity contribution in [2.75, 3.05) is 13.2 Å². The third-order valence-corrected chi connectivity index (χ3v) is 7.05. The number of benzene rings is 3. The number of aryl methyl sites for hydroxylation is 1. The Morgan fingerprint density at radius 3 is 2.87 bits per heavy atom. The second-order valence-corrected chi connectivity index (χ2v) is 9.49. The summed E-state index contributed by atoms with van der Waals surface area (Å²) in [4.78, 5) is 20.5. The molecule has 0 spiro atoms. The molecule has 0 aliphatic carbocycles. The smallest absolute Gasteiger partial charge is 0.355 e. The quantitative estimate of drug-likeness (QED) is 0.165. The Balaban J connectivity index is 1.34. The first-order valence-corrected chi connectivity index (χ1v) is 13.0. The van der Waals surface area contributed by atoms with E-state index in [4.69, 9.17) is 21.1 Å². The second kappa shape index (κ2) is 10.4. The maximum atomic E-state index is 13.6. The van der Waals surface area contributed by atoms with E-state index >= 15 is 0 Å². The zero-order chi connectivity index (χ0) is 26.9. The Hall–Kier alpha value is -4.43. The Labute approximate surface area is 228 Å². The number of hydrogen-bond acceptors (Lipinski definition) is 5. The fourth-order valence-electron chi connectivity index (χ4n) is 5.00. The number of ether oxygens (including phenoxy) is 2. The molecule has 0 amide bonds. The number of H-pyrrole nitrogens is 1. The lowest BCUT2D eigenvalue weighted by atomic mass is 10.0. The highest BCUT2D eigenvalue weighted by atomic mass is 35.5. The molecule has 0 aliphatic rings. The fraction of sp³-hybridized carbons (Fsp3) is 0.167. The first-order chi connectivity index (χ1) is 19.0. The normalized spacial score (nSPS) is 11.5. The van der Waals surface area contributed by atoms with Crippen molar-refractivity contribution in [1.82, 2.24) is 19.6 Å². The highest BCUT2D eigenvalue weighted by molar-refractivity contribution is 6.35. The van der Waals surface area contributed by atoms with Crippen molar-refractivity contribution >= 4 is 44.8 Å². The summed E-state index contributed by atoms with van der Waals surface area (Å²) in [5.41, 5.74) is 4.30. The Morgan fingerprint density at radius 2 is 2.00 bits per heavy atom. The van der Waals surface area contributed by atoms with Crippen molar-refractivity contribution in [3.8, 4) is 16.9 Å². The summed E-state index contributed by atoms with van der Waals surface area (Å²) >= 11 is 6.71. The van der Waals surface area contributed by atoms with E-state index in [0.29, 0.717) is 35.9 Å². The molecule has 6 rings (SSSR count). The molecule has 3 aromatic carbocycles. The van der Waals surface area contributed by atoms with Crippen LogP contribution in [0.2, 0.25) is 5.02 Å². The SMILES string of the molecule is CCOC(=O)c1[nH]c2c(-c3cnn4ccncc34)c(Cl)ccc2c1CCCOc1cccc2cc(F)ccc12. The molecule has 0 radical (unpaired) electrons. The van der Waals surface area contributed by atoms with Crippen LogP contribution in [0.3, 0.4) is 0 Å². The van der Waals surface area contributed by atoms with Crippen molar-refractivity contribution in [3.05, 3.63) is 95.4 Å². The number of nitrogens with zero attached hydrogens (tertiary/aromatic N) is 3. The first-order valence-electron chi connectivity index (χ1n) is 12.6. The Bertz CT molecular complexity index is 1850. The molecular formula is C30H24ClFN4O3. The summed E-state index contributed by atoms with van der Waals surface area (Å²) < 4.78 is 26.8. The molecule has 0 bridgehead atoms. The van der Waals surface area contributed by atoms with E-state index in [2.05, 4.69) is 15.1 Å². The average Bonchev–Trinajstić information content (AvgIpc) is 3.53. The molecule has 1 N–H and O–H groups in total. The molecule has 0 saturated carbocycles. The fourth-order valence-corrected chi connectivity index (χ4v) is 5.26. The van der Waals surface area contributed by atoms with Gasteiger partial charge in [0.25, 0.3) is 0 Å². The summed E-state index contributed by atoms with van der Waals surface area (Å²) in [7, 11) is 0. The average molecular weight is 543 g/mol. The van der Waals surface area contributed by atoms with Gasteiger partial charge in [0.05, 0.1) is 41.7 Å². The molecule has 0 unspecified atom stereocenters. The minimum Gasteiger partial charge on any atom is -0.493 e. The van der Waals surface area contributed by atoms with E-state index in [1.807, 2.05) is 30.3 Å². The molecule has 3 heterocycles. The van der Waals surface area contributed by atoms with Gasteiger partial charge in [-0.15, -0.1) is 0 Å². The van der Waals surface area contributed by atoms with Crippen molar-refractivity contribution in [1.29, 1.82) is 0 Å². The number of aromatic nitrogens is 4. The number of hydrogen-bond donors (Lipinski definition) is 1. The maximum Gasteiger partial charge on any atom is 0.355 e. The van der Waals surface area contributed by atoms with Crippen LogP contribution in [-0.4, -0.2) is 38.8 Å². The van der Waals surface area contributed by atoms with Gasteiger partial charge in [0, 0.05) is 34.3 Å². The monoisotopic (exact) mass is 542 g/mol. The summed E-state index contributed by atoms with van der Waals surface area (Å²) in [5, 5.41) is 7.46. The topological polar surface area (TPSA) is 81.5 Å². The lowest BCUT2D eigenvalue weighted by molar-refractivity contribution is 0.0519. The van der Waals surface area contributed by atoms with Gasteiger partial charge in [0.2, 0.25) is 0 Å². The Kier molecular flexibility index (Phi) is 6.62. The summed E-state index contributed by atoms with van der Waals surface area (Å²) in [6.07, 6.45) is 8.10. The molecule has 0 atom stereocenters. The van der Waals surface area contributed by atoms with Gasteiger partial charge >= 0.3 is 5.97 Å². The van der Waals surface area contributed by atoms with Gasteiger partial charge in [-0.1, -0.05) is 29.8 Å². The van der Waals surface area contributed by atoms with E-state index < -0.39 is 5.97 Å². The van der Waals surface area contributed by atoms with Gasteiger partial charge in [-0.2, -0.15) is 5.10 Å². The molecule has 0 fully saturated rings. The lowest BCUT2D eigenvalue weighted by Crippen LogP contribution is -2.09. The number of carbonyl (C=O) groups excluding carboxylic acids is 1. The second-order valence-electron chi connectivity index (χ2n) is 9.08. The predicted octanol–water partition coefficient (Wildman–Crippen LogP) is 7.01. The largest absolute Gasteiger partial charge is 0.493 e. The number of rotatable bonds is 8. The minimum atomic E-state index is -0.427. The molecule has 3 aromatic heterocycles. The van der Waals surface area contributed by atoms with Crippen LogP contribution in [0, 0.1) is 5.82 Å². The van der Waals surface area contributed by atoms with Crippen LogP contribution < -0.4 is 4.74 Å². The molecule has 6 aromatic rings. The highest BCUT2D eigenvalue weighted by Crippen LogP contribution is 2.39. The number of aromatic amines is 1. The summed E-state index contributed by atoms with van der Waals surface area (Å²) in [5.74, 6) is -0.0255. The molecule has 9 heteroatoms. The number of fused-ring (bicyclic) bond motifs is 3. The van der Waals surface area contributed by atoms with Crippen molar-refractivity contribution in [2.24, 2.45) is 0 Å². The molecule has 0 aliphatic heterocycles. The van der Waals surface area contributed by atoms with Gasteiger partial charge in [0.1, 0.15) is 17.3 Å². The van der Waals surface area contributed by atoms with Crippen molar-refractivity contribution in [2.45, 2.75) is 19.8 Å². The van der Waals surface area contributed by atoms with Gasteiger partial charge in [-0.05, 0) is 61.0 Å². The lowest BCUT2D eigenvalue weighted by Gasteiger charge is -2.10. The number of carbonyl (C=O) groups is 1. The number of esters is 1. The Morgan fingerprint density at radius 1 is 1.13 bits per heavy atom. The van der Waals surface area contributed by atoms with Crippen molar-refractivity contribution in [3.63, 3.8) is 0 Å². The molecule has 196 valence electrons. The number of halogens is 2. The third-order valence-electron chi connectivity index (χ3n) is 6.74. The van der Waals surface area contributed by atoms with Gasteiger partial charge in [-0.25, -0.2) is 13.7 Å². The van der Waals surface area contributed by atoms with Crippen LogP contribution >= 0.6 is 11.6 Å². The molecule has 39 heavy (non-hydrogen) atoms. The van der Waals surface area contributed by atoms with Gasteiger partial charge in [0.15, 0.2) is 0 Å². The van der Waals surface area contributed by atoms with Crippen LogP contribution in [0.1, 0.15) is 29.4 Å². The summed E-state index contributed by atoms with van der Waals surface area (Å²) in [6.45, 7) is 2.44. The van der Waals surface area contributed by atoms with Gasteiger partial charge in [-0.3, -0.25) is 4.98 Å². The van der Waals surface area contributed by atoms with E-state index in [1.54, 1.807) is 42.3 Å². The van der Waals surface area contributed by atoms with E-state index in [1.165, 1.54) is 12.1 Å². The van der Waals surface area contributed by atoms with Gasteiger partial charge < -0.3 is 14.5 Å². The van der Waals surface area contributed by atoms with Crippen LogP contribution in [-0.2, 0) is 11.2 Å². The molecule has 7 nitrogen and oxygen atoms in total. The van der Waals surface area contributed by atoms with E-state index in [0.717, 1.165) is 43.9 Å². The van der Waals surface area contributed by atoms with Crippen LogP contribution in [0.4, 0.5) is 4.39 Å². The van der Waals surface area contributed by atoms with Crippen molar-refractivity contribution < 1.29 is 18.7 Å². The maximum absolute atomic E-state index is 13.6. The minimum absolute atomic E-state index is 0.256. The van der Waals surface area contributed by atoms with E-state index in [9.17, 15) is 9.18 Å². The van der Waals surface area contributed by atoms with Crippen LogP contribution in [0.5, 0.6) is 5.75 Å². The first kappa shape index (κ1) is 24.9.